The highest BCUT2D eigenvalue weighted by Crippen LogP contribution is 2.10. The monoisotopic (exact) mass is 196 g/mol. The van der Waals surface area contributed by atoms with E-state index >= 15 is 0 Å². The van der Waals surface area contributed by atoms with E-state index in [1.807, 2.05) is 0 Å². The first-order valence-electron chi connectivity index (χ1n) is 3.87. The molecule has 0 aliphatic carbocycles. The molecule has 0 aliphatic rings. The maximum absolute atomic E-state index is 12.8. The minimum Gasteiger partial charge on any atom is -0.366 e. The molecule has 0 atom stereocenters. The van der Waals surface area contributed by atoms with Crippen LogP contribution in [-0.4, -0.2) is 18.9 Å². The first-order valence-corrected chi connectivity index (χ1v) is 3.87. The number of halogens is 1. The van der Waals surface area contributed by atoms with Gasteiger partial charge in [0.05, 0.1) is 11.1 Å². The third kappa shape index (κ3) is 1.87. The van der Waals surface area contributed by atoms with Gasteiger partial charge in [0.1, 0.15) is 5.82 Å². The number of hydrogen-bond donors (Lipinski definition) is 2. The van der Waals surface area contributed by atoms with Gasteiger partial charge in [0, 0.05) is 7.05 Å². The Morgan fingerprint density at radius 3 is 2.50 bits per heavy atom. The van der Waals surface area contributed by atoms with E-state index in [0.717, 1.165) is 12.1 Å². The molecule has 1 rings (SSSR count). The summed E-state index contributed by atoms with van der Waals surface area (Å²) in [5.41, 5.74) is 4.97. The van der Waals surface area contributed by atoms with Gasteiger partial charge < -0.3 is 11.1 Å². The summed E-state index contributed by atoms with van der Waals surface area (Å²) in [5.74, 6) is -1.89. The van der Waals surface area contributed by atoms with Crippen LogP contribution in [0.5, 0.6) is 0 Å². The van der Waals surface area contributed by atoms with Gasteiger partial charge in [-0.15, -0.1) is 0 Å². The minimum atomic E-state index is -0.761. The van der Waals surface area contributed by atoms with E-state index in [2.05, 4.69) is 5.32 Å². The lowest BCUT2D eigenvalue weighted by molar-refractivity contribution is 0.0943. The fraction of sp³-hybridized carbons (Fsp3) is 0.111. The Morgan fingerprint density at radius 2 is 2.00 bits per heavy atom. The number of carbonyl (C=O) groups is 2. The van der Waals surface area contributed by atoms with Crippen LogP contribution in [0.25, 0.3) is 0 Å². The van der Waals surface area contributed by atoms with Crippen LogP contribution in [0.2, 0.25) is 0 Å². The van der Waals surface area contributed by atoms with Crippen LogP contribution in [0, 0.1) is 5.82 Å². The van der Waals surface area contributed by atoms with E-state index in [1.54, 1.807) is 0 Å². The van der Waals surface area contributed by atoms with Gasteiger partial charge >= 0.3 is 0 Å². The van der Waals surface area contributed by atoms with Gasteiger partial charge in [-0.05, 0) is 18.2 Å². The molecule has 1 aromatic carbocycles. The molecule has 5 heteroatoms. The van der Waals surface area contributed by atoms with Crippen LogP contribution in [0.4, 0.5) is 4.39 Å². The number of nitrogens with one attached hydrogen (secondary N) is 1. The van der Waals surface area contributed by atoms with Crippen LogP contribution in [0.15, 0.2) is 18.2 Å². The fourth-order valence-corrected chi connectivity index (χ4v) is 1.05. The number of nitrogens with two attached hydrogens (primary N) is 1. The Hall–Kier alpha value is -1.91. The lowest BCUT2D eigenvalue weighted by atomic mass is 10.1. The summed E-state index contributed by atoms with van der Waals surface area (Å²) in [7, 11) is 1.39. The zero-order valence-corrected chi connectivity index (χ0v) is 7.50. The lowest BCUT2D eigenvalue weighted by Crippen LogP contribution is -2.23. The molecule has 4 nitrogen and oxygen atoms in total. The number of hydrogen-bond acceptors (Lipinski definition) is 2. The van der Waals surface area contributed by atoms with Gasteiger partial charge in [0.2, 0.25) is 5.91 Å². The second-order valence-electron chi connectivity index (χ2n) is 2.63. The Bertz CT molecular complexity index is 390. The van der Waals surface area contributed by atoms with Crippen molar-refractivity contribution in [2.45, 2.75) is 0 Å². The SMILES string of the molecule is CNC(=O)c1cc(F)ccc1C(N)=O. The van der Waals surface area contributed by atoms with Crippen molar-refractivity contribution >= 4 is 11.8 Å². The molecule has 0 aromatic heterocycles. The van der Waals surface area contributed by atoms with E-state index < -0.39 is 17.6 Å². The molecular weight excluding hydrogens is 187 g/mol. The number of primary amides is 1. The van der Waals surface area contributed by atoms with E-state index in [4.69, 9.17) is 5.73 Å². The van der Waals surface area contributed by atoms with Crippen LogP contribution in [0.3, 0.4) is 0 Å². The first kappa shape index (κ1) is 10.2. The molecule has 0 spiro atoms. The maximum atomic E-state index is 12.8. The Kier molecular flexibility index (Phi) is 2.81. The number of amides is 2. The average Bonchev–Trinajstić information content (AvgIpc) is 2.16. The molecule has 0 saturated heterocycles. The quantitative estimate of drug-likeness (QED) is 0.713. The molecule has 2 amide bonds. The van der Waals surface area contributed by atoms with E-state index in [9.17, 15) is 14.0 Å². The zero-order chi connectivity index (χ0) is 10.7. The molecule has 0 fully saturated rings. The topological polar surface area (TPSA) is 72.2 Å². The van der Waals surface area contributed by atoms with E-state index in [-0.39, 0.29) is 11.1 Å². The van der Waals surface area contributed by atoms with Crippen molar-refractivity contribution in [3.8, 4) is 0 Å². The van der Waals surface area contributed by atoms with E-state index in [0.29, 0.717) is 0 Å². The van der Waals surface area contributed by atoms with Crippen molar-refractivity contribution in [1.82, 2.24) is 5.32 Å². The summed E-state index contributed by atoms with van der Waals surface area (Å²) < 4.78 is 12.8. The molecule has 0 bridgehead atoms. The van der Waals surface area contributed by atoms with Gasteiger partial charge in [-0.25, -0.2) is 4.39 Å². The van der Waals surface area contributed by atoms with Crippen molar-refractivity contribution in [1.29, 1.82) is 0 Å². The van der Waals surface area contributed by atoms with Crippen molar-refractivity contribution in [2.75, 3.05) is 7.05 Å². The van der Waals surface area contributed by atoms with Gasteiger partial charge in [-0.3, -0.25) is 9.59 Å². The molecule has 1 aromatic rings. The second-order valence-corrected chi connectivity index (χ2v) is 2.63. The van der Waals surface area contributed by atoms with Crippen LogP contribution < -0.4 is 11.1 Å². The third-order valence-electron chi connectivity index (χ3n) is 1.72. The van der Waals surface area contributed by atoms with Crippen LogP contribution >= 0.6 is 0 Å². The summed E-state index contributed by atoms with van der Waals surface area (Å²) >= 11 is 0. The standard InChI is InChI=1S/C9H9FN2O2/c1-12-9(14)7-4-5(10)2-3-6(7)8(11)13/h2-4H,1H3,(H2,11,13)(H,12,14). The van der Waals surface area contributed by atoms with E-state index in [1.165, 1.54) is 13.1 Å². The predicted molar refractivity (Wildman–Crippen MR) is 48.3 cm³/mol. The smallest absolute Gasteiger partial charge is 0.251 e. The maximum Gasteiger partial charge on any atom is 0.251 e. The summed E-state index contributed by atoms with van der Waals surface area (Å²) in [6.45, 7) is 0. The number of benzene rings is 1. The zero-order valence-electron chi connectivity index (χ0n) is 7.50. The van der Waals surface area contributed by atoms with Gasteiger partial charge in [0.15, 0.2) is 0 Å². The Labute approximate surface area is 79.9 Å². The molecule has 0 heterocycles. The normalized spacial score (nSPS) is 9.57. The number of carbonyl (C=O) groups excluding carboxylic acids is 2. The molecule has 0 aliphatic heterocycles. The summed E-state index contributed by atoms with van der Waals surface area (Å²) in [6.07, 6.45) is 0. The molecule has 74 valence electrons. The third-order valence-corrected chi connectivity index (χ3v) is 1.72. The van der Waals surface area contributed by atoms with Gasteiger partial charge in [0.25, 0.3) is 5.91 Å². The van der Waals surface area contributed by atoms with Gasteiger partial charge in [-0.2, -0.15) is 0 Å². The highest BCUT2D eigenvalue weighted by atomic mass is 19.1. The number of rotatable bonds is 2. The highest BCUT2D eigenvalue weighted by molar-refractivity contribution is 6.06. The first-order chi connectivity index (χ1) is 6.56. The second kappa shape index (κ2) is 3.87. The van der Waals surface area contributed by atoms with Gasteiger partial charge in [-0.1, -0.05) is 0 Å². The van der Waals surface area contributed by atoms with Crippen molar-refractivity contribution in [2.24, 2.45) is 5.73 Å². The predicted octanol–water partition coefficient (Wildman–Crippen LogP) is 0.284. The summed E-state index contributed by atoms with van der Waals surface area (Å²) in [5, 5.41) is 2.29. The highest BCUT2D eigenvalue weighted by Gasteiger charge is 2.14. The lowest BCUT2D eigenvalue weighted by Gasteiger charge is -2.04. The van der Waals surface area contributed by atoms with Crippen molar-refractivity contribution in [3.63, 3.8) is 0 Å². The summed E-state index contributed by atoms with van der Waals surface area (Å²) in [6, 6.07) is 3.23. The molecule has 14 heavy (non-hydrogen) atoms. The Balaban J connectivity index is 3.29. The molecule has 0 radical (unpaired) electrons. The van der Waals surface area contributed by atoms with Crippen LogP contribution in [-0.2, 0) is 0 Å². The van der Waals surface area contributed by atoms with Crippen molar-refractivity contribution < 1.29 is 14.0 Å². The average molecular weight is 196 g/mol. The molecule has 0 saturated carbocycles. The molecule has 3 N–H and O–H groups in total. The molecule has 0 unspecified atom stereocenters. The van der Waals surface area contributed by atoms with Crippen molar-refractivity contribution in [3.05, 3.63) is 35.1 Å². The molecular formula is C9H9FN2O2. The summed E-state index contributed by atoms with van der Waals surface area (Å²) in [4.78, 5) is 22.1. The van der Waals surface area contributed by atoms with Crippen LogP contribution in [0.1, 0.15) is 20.7 Å². The minimum absolute atomic E-state index is 0.00532. The fourth-order valence-electron chi connectivity index (χ4n) is 1.05. The largest absolute Gasteiger partial charge is 0.366 e. The Morgan fingerprint density at radius 1 is 1.36 bits per heavy atom.